The van der Waals surface area contributed by atoms with Crippen LogP contribution >= 0.6 is 0 Å². The number of nitrogens with zero attached hydrogens (tertiary/aromatic N) is 1. The molecule has 13 heavy (non-hydrogen) atoms. The number of aldehydes is 1. The van der Waals surface area contributed by atoms with E-state index in [0.717, 1.165) is 6.20 Å². The quantitative estimate of drug-likeness (QED) is 0.669. The van der Waals surface area contributed by atoms with Crippen molar-refractivity contribution in [3.8, 4) is 5.75 Å². The zero-order chi connectivity index (χ0) is 9.68. The van der Waals surface area contributed by atoms with Crippen molar-refractivity contribution < 1.29 is 18.3 Å². The number of rotatable bonds is 4. The van der Waals surface area contributed by atoms with E-state index in [4.69, 9.17) is 0 Å². The van der Waals surface area contributed by atoms with Gasteiger partial charge in [-0.2, -0.15) is 8.78 Å². The zero-order valence-corrected chi connectivity index (χ0v) is 6.61. The number of alkyl halides is 2. The van der Waals surface area contributed by atoms with Gasteiger partial charge >= 0.3 is 6.61 Å². The van der Waals surface area contributed by atoms with Crippen molar-refractivity contribution in [3.05, 3.63) is 24.0 Å². The molecule has 0 radical (unpaired) electrons. The van der Waals surface area contributed by atoms with Gasteiger partial charge in [-0.1, -0.05) is 0 Å². The maximum absolute atomic E-state index is 11.7. The summed E-state index contributed by atoms with van der Waals surface area (Å²) < 4.78 is 27.4. The molecule has 1 rings (SSSR count). The normalized spacial score (nSPS) is 10.1. The van der Waals surface area contributed by atoms with E-state index in [1.165, 1.54) is 12.1 Å². The van der Waals surface area contributed by atoms with Gasteiger partial charge in [0.1, 0.15) is 12.0 Å². The second-order valence-corrected chi connectivity index (χ2v) is 2.23. The van der Waals surface area contributed by atoms with Gasteiger partial charge in [0.15, 0.2) is 0 Å². The van der Waals surface area contributed by atoms with Crippen LogP contribution in [-0.2, 0) is 11.2 Å². The van der Waals surface area contributed by atoms with E-state index in [1.807, 2.05) is 0 Å². The van der Waals surface area contributed by atoms with Crippen LogP contribution in [-0.4, -0.2) is 17.9 Å². The molecule has 1 aromatic heterocycles. The van der Waals surface area contributed by atoms with Gasteiger partial charge in [-0.25, -0.2) is 0 Å². The van der Waals surface area contributed by atoms with Crippen LogP contribution in [0, 0.1) is 0 Å². The molecule has 0 amide bonds. The van der Waals surface area contributed by atoms with E-state index in [1.54, 1.807) is 0 Å². The summed E-state index contributed by atoms with van der Waals surface area (Å²) in [5, 5.41) is 0. The van der Waals surface area contributed by atoms with Crippen LogP contribution in [0.2, 0.25) is 0 Å². The van der Waals surface area contributed by atoms with Crippen LogP contribution < -0.4 is 4.74 Å². The molecular weight excluding hydrogens is 180 g/mol. The Kier molecular flexibility index (Phi) is 3.31. The summed E-state index contributed by atoms with van der Waals surface area (Å²) in [4.78, 5) is 13.8. The minimum Gasteiger partial charge on any atom is -0.433 e. The molecule has 3 nitrogen and oxygen atoms in total. The molecule has 0 fully saturated rings. The summed E-state index contributed by atoms with van der Waals surface area (Å²) in [6, 6.07) is 2.81. The summed E-state index contributed by atoms with van der Waals surface area (Å²) in [5.41, 5.74) is 0.525. The molecular formula is C8H7F2NO2. The molecule has 0 aliphatic rings. The topological polar surface area (TPSA) is 39.2 Å². The number of hydrogen-bond acceptors (Lipinski definition) is 3. The van der Waals surface area contributed by atoms with Crippen molar-refractivity contribution in [2.24, 2.45) is 0 Å². The molecule has 0 atom stereocenters. The number of ether oxygens (including phenoxy) is 1. The van der Waals surface area contributed by atoms with Crippen molar-refractivity contribution >= 4 is 6.29 Å². The standard InChI is InChI=1S/C8H7F2NO2/c9-8(10)13-7-2-1-6(3-4-12)11-5-7/h1-2,4-5,8H,3H2. The van der Waals surface area contributed by atoms with Crippen LogP contribution in [0.15, 0.2) is 18.3 Å². The molecule has 0 saturated heterocycles. The molecule has 0 aliphatic carbocycles. The lowest BCUT2D eigenvalue weighted by molar-refractivity contribution is -0.107. The Morgan fingerprint density at radius 1 is 1.54 bits per heavy atom. The molecule has 0 aliphatic heterocycles. The maximum Gasteiger partial charge on any atom is 0.387 e. The third-order valence-electron chi connectivity index (χ3n) is 1.32. The lowest BCUT2D eigenvalue weighted by Gasteiger charge is -2.03. The molecule has 1 aromatic rings. The second kappa shape index (κ2) is 4.49. The smallest absolute Gasteiger partial charge is 0.387 e. The van der Waals surface area contributed by atoms with Gasteiger partial charge in [0.25, 0.3) is 0 Å². The third kappa shape index (κ3) is 3.14. The first-order chi connectivity index (χ1) is 6.22. The zero-order valence-electron chi connectivity index (χ0n) is 6.61. The van der Waals surface area contributed by atoms with E-state index in [-0.39, 0.29) is 12.2 Å². The van der Waals surface area contributed by atoms with Crippen molar-refractivity contribution in [2.45, 2.75) is 13.0 Å². The molecule has 5 heteroatoms. The Hall–Kier alpha value is -1.52. The van der Waals surface area contributed by atoms with Crippen LogP contribution in [0.5, 0.6) is 5.75 Å². The SMILES string of the molecule is O=CCc1ccc(OC(F)F)cn1. The fourth-order valence-corrected chi connectivity index (χ4v) is 0.790. The summed E-state index contributed by atoms with van der Waals surface area (Å²) >= 11 is 0. The summed E-state index contributed by atoms with van der Waals surface area (Å²) in [6.45, 7) is -2.85. The molecule has 0 spiro atoms. The predicted octanol–water partition coefficient (Wildman–Crippen LogP) is 1.42. The largest absolute Gasteiger partial charge is 0.433 e. The highest BCUT2D eigenvalue weighted by atomic mass is 19.3. The van der Waals surface area contributed by atoms with Crippen molar-refractivity contribution in [1.29, 1.82) is 0 Å². The van der Waals surface area contributed by atoms with Crippen molar-refractivity contribution in [3.63, 3.8) is 0 Å². The number of carbonyl (C=O) groups excluding carboxylic acids is 1. The van der Waals surface area contributed by atoms with E-state index in [0.29, 0.717) is 12.0 Å². The number of hydrogen-bond donors (Lipinski definition) is 0. The Labute approximate surface area is 73.4 Å². The Morgan fingerprint density at radius 3 is 2.77 bits per heavy atom. The third-order valence-corrected chi connectivity index (χ3v) is 1.32. The van der Waals surface area contributed by atoms with Gasteiger partial charge in [-0.15, -0.1) is 0 Å². The van der Waals surface area contributed by atoms with Crippen LogP contribution in [0.4, 0.5) is 8.78 Å². The molecule has 0 saturated carbocycles. The minimum atomic E-state index is -2.85. The first kappa shape index (κ1) is 9.57. The minimum absolute atomic E-state index is 0.00958. The van der Waals surface area contributed by atoms with Gasteiger partial charge in [-0.05, 0) is 12.1 Å². The Balaban J connectivity index is 2.63. The van der Waals surface area contributed by atoms with Gasteiger partial charge in [0.2, 0.25) is 0 Å². The average molecular weight is 187 g/mol. The van der Waals surface area contributed by atoms with Gasteiger partial charge in [0.05, 0.1) is 6.20 Å². The van der Waals surface area contributed by atoms with Gasteiger partial charge in [0, 0.05) is 12.1 Å². The molecule has 0 unspecified atom stereocenters. The molecule has 70 valence electrons. The number of pyridine rings is 1. The van der Waals surface area contributed by atoms with E-state index in [9.17, 15) is 13.6 Å². The highest BCUT2D eigenvalue weighted by Gasteiger charge is 2.03. The summed E-state index contributed by atoms with van der Waals surface area (Å²) in [5.74, 6) is -0.00958. The van der Waals surface area contributed by atoms with Crippen LogP contribution in [0.25, 0.3) is 0 Å². The number of halogens is 2. The van der Waals surface area contributed by atoms with E-state index >= 15 is 0 Å². The highest BCUT2D eigenvalue weighted by Crippen LogP contribution is 2.12. The molecule has 0 bridgehead atoms. The first-order valence-corrected chi connectivity index (χ1v) is 3.55. The molecule has 1 heterocycles. The first-order valence-electron chi connectivity index (χ1n) is 3.55. The molecule has 0 aromatic carbocycles. The maximum atomic E-state index is 11.7. The Morgan fingerprint density at radius 2 is 2.31 bits per heavy atom. The lowest BCUT2D eigenvalue weighted by atomic mass is 10.3. The predicted molar refractivity (Wildman–Crippen MR) is 40.6 cm³/mol. The molecule has 0 N–H and O–H groups in total. The van der Waals surface area contributed by atoms with Gasteiger partial charge < -0.3 is 9.53 Å². The lowest BCUT2D eigenvalue weighted by Crippen LogP contribution is -2.02. The van der Waals surface area contributed by atoms with Crippen molar-refractivity contribution in [1.82, 2.24) is 4.98 Å². The van der Waals surface area contributed by atoms with Gasteiger partial charge in [-0.3, -0.25) is 4.98 Å². The number of aromatic nitrogens is 1. The van der Waals surface area contributed by atoms with Crippen molar-refractivity contribution in [2.75, 3.05) is 0 Å². The van der Waals surface area contributed by atoms with Crippen LogP contribution in [0.1, 0.15) is 5.69 Å². The van der Waals surface area contributed by atoms with E-state index in [2.05, 4.69) is 9.72 Å². The summed E-state index contributed by atoms with van der Waals surface area (Å²) in [6.07, 6.45) is 2.02. The average Bonchev–Trinajstić information content (AvgIpc) is 2.08. The van der Waals surface area contributed by atoms with E-state index < -0.39 is 6.61 Å². The highest BCUT2D eigenvalue weighted by molar-refractivity contribution is 5.53. The van der Waals surface area contributed by atoms with Crippen LogP contribution in [0.3, 0.4) is 0 Å². The summed E-state index contributed by atoms with van der Waals surface area (Å²) in [7, 11) is 0. The fourth-order valence-electron chi connectivity index (χ4n) is 0.790. The monoisotopic (exact) mass is 187 g/mol. The Bertz CT molecular complexity index is 274. The fraction of sp³-hybridized carbons (Fsp3) is 0.250. The second-order valence-electron chi connectivity index (χ2n) is 2.23. The number of carbonyl (C=O) groups is 1.